The summed E-state index contributed by atoms with van der Waals surface area (Å²) in [6, 6.07) is 18.8. The van der Waals surface area contributed by atoms with Crippen LogP contribution in [0, 0.1) is 5.92 Å². The van der Waals surface area contributed by atoms with Crippen LogP contribution in [0.5, 0.6) is 17.2 Å². The van der Waals surface area contributed by atoms with E-state index in [2.05, 4.69) is 0 Å². The first-order chi connectivity index (χ1) is 15.8. The smallest absolute Gasteiger partial charge is 0.340 e. The number of hydrogen-bond acceptors (Lipinski definition) is 5. The van der Waals surface area contributed by atoms with Gasteiger partial charge in [0.25, 0.3) is 0 Å². The number of hydrogen-bond donors (Lipinski definition) is 2. The molecule has 6 heteroatoms. The minimum atomic E-state index is -2.02. The molecular formula is C27H26O6. The average molecular weight is 446 g/mol. The summed E-state index contributed by atoms with van der Waals surface area (Å²) in [5.41, 5.74) is 0.274. The predicted octanol–water partition coefficient (Wildman–Crippen LogP) is 4.96. The van der Waals surface area contributed by atoms with Crippen LogP contribution in [-0.2, 0) is 16.8 Å². The Morgan fingerprint density at radius 1 is 0.970 bits per heavy atom. The fourth-order valence-corrected chi connectivity index (χ4v) is 3.63. The van der Waals surface area contributed by atoms with Gasteiger partial charge in [0.2, 0.25) is 0 Å². The molecule has 0 unspecified atom stereocenters. The molecule has 33 heavy (non-hydrogen) atoms. The van der Waals surface area contributed by atoms with Crippen LogP contribution in [0.25, 0.3) is 0 Å². The molecule has 170 valence electrons. The van der Waals surface area contributed by atoms with Crippen LogP contribution >= 0.6 is 0 Å². The Bertz CT molecular complexity index is 1180. The molecule has 4 rings (SSSR count). The quantitative estimate of drug-likeness (QED) is 0.451. The third-order valence-electron chi connectivity index (χ3n) is 5.92. The molecule has 1 saturated carbocycles. The lowest BCUT2D eigenvalue weighted by molar-refractivity contribution is -0.157. The van der Waals surface area contributed by atoms with Crippen LogP contribution in [0.1, 0.15) is 46.8 Å². The lowest BCUT2D eigenvalue weighted by atomic mass is 9.96. The van der Waals surface area contributed by atoms with Crippen LogP contribution in [0.2, 0.25) is 0 Å². The number of methoxy groups -OCH3 is 1. The van der Waals surface area contributed by atoms with Gasteiger partial charge in [0.1, 0.15) is 17.2 Å². The highest BCUT2D eigenvalue weighted by Crippen LogP contribution is 2.37. The zero-order chi connectivity index (χ0) is 23.6. The zero-order valence-corrected chi connectivity index (χ0v) is 18.6. The van der Waals surface area contributed by atoms with Gasteiger partial charge in [0.05, 0.1) is 7.11 Å². The number of benzene rings is 3. The van der Waals surface area contributed by atoms with E-state index < -0.39 is 11.6 Å². The van der Waals surface area contributed by atoms with E-state index in [-0.39, 0.29) is 11.3 Å². The Morgan fingerprint density at radius 3 is 2.30 bits per heavy atom. The molecule has 0 spiro atoms. The lowest BCUT2D eigenvalue weighted by Crippen LogP contribution is -2.31. The third-order valence-corrected chi connectivity index (χ3v) is 5.92. The van der Waals surface area contributed by atoms with Gasteiger partial charge in [0.15, 0.2) is 11.4 Å². The molecule has 1 aliphatic carbocycles. The van der Waals surface area contributed by atoms with Gasteiger partial charge < -0.3 is 19.7 Å². The Labute approximate surface area is 192 Å². The fourth-order valence-electron chi connectivity index (χ4n) is 3.63. The van der Waals surface area contributed by atoms with Crippen molar-refractivity contribution >= 4 is 11.8 Å². The molecule has 6 nitrogen and oxygen atoms in total. The summed E-state index contributed by atoms with van der Waals surface area (Å²) in [6.07, 6.45) is 3.09. The molecule has 0 heterocycles. The second-order valence-corrected chi connectivity index (χ2v) is 8.53. The molecule has 1 fully saturated rings. The molecule has 3 aromatic rings. The monoisotopic (exact) mass is 446 g/mol. The SMILES string of the molecule is COc1ccc(C(=O)c2ccc(Oc3cccc([C@@](C)(O)C(=O)O)c3)c(CC3CC3)c2)cc1. The van der Waals surface area contributed by atoms with E-state index in [9.17, 15) is 19.8 Å². The van der Waals surface area contributed by atoms with Crippen molar-refractivity contribution in [3.05, 3.63) is 89.0 Å². The van der Waals surface area contributed by atoms with Crippen LogP contribution in [0.4, 0.5) is 0 Å². The highest BCUT2D eigenvalue weighted by atomic mass is 16.5. The first-order valence-corrected chi connectivity index (χ1v) is 10.8. The van der Waals surface area contributed by atoms with Crippen molar-refractivity contribution in [1.82, 2.24) is 0 Å². The highest BCUT2D eigenvalue weighted by Gasteiger charge is 2.32. The predicted molar refractivity (Wildman–Crippen MR) is 123 cm³/mol. The first kappa shape index (κ1) is 22.6. The molecule has 0 saturated heterocycles. The van der Waals surface area contributed by atoms with E-state index in [1.54, 1.807) is 61.7 Å². The van der Waals surface area contributed by atoms with Gasteiger partial charge in [-0.05, 0) is 97.8 Å². The van der Waals surface area contributed by atoms with Gasteiger partial charge in [0, 0.05) is 11.1 Å². The molecular weight excluding hydrogens is 420 g/mol. The van der Waals surface area contributed by atoms with Crippen molar-refractivity contribution in [2.45, 2.75) is 31.8 Å². The molecule has 0 radical (unpaired) electrons. The summed E-state index contributed by atoms with van der Waals surface area (Å²) in [4.78, 5) is 24.4. The maximum absolute atomic E-state index is 13.0. The number of aliphatic hydroxyl groups is 1. The van der Waals surface area contributed by atoms with Crippen molar-refractivity contribution in [3.63, 3.8) is 0 Å². The standard InChI is InChI=1S/C27H26O6/c1-27(31,26(29)30)21-4-3-5-23(16-21)33-24-13-10-19(15-20(24)14-17-6-7-17)25(28)18-8-11-22(32-2)12-9-18/h3-5,8-13,15-17,31H,6-7,14H2,1-2H3,(H,29,30)/t27-/m1/s1. The van der Waals surface area contributed by atoms with Crippen molar-refractivity contribution in [3.8, 4) is 17.2 Å². The summed E-state index contributed by atoms with van der Waals surface area (Å²) in [7, 11) is 1.58. The van der Waals surface area contributed by atoms with Gasteiger partial charge in [-0.1, -0.05) is 12.1 Å². The van der Waals surface area contributed by atoms with E-state index >= 15 is 0 Å². The van der Waals surface area contributed by atoms with Gasteiger partial charge in [-0.2, -0.15) is 0 Å². The molecule has 1 aliphatic rings. The number of carbonyl (C=O) groups is 2. The lowest BCUT2D eigenvalue weighted by Gasteiger charge is -2.19. The summed E-state index contributed by atoms with van der Waals surface area (Å²) in [5, 5.41) is 19.6. The van der Waals surface area contributed by atoms with Crippen LogP contribution in [-0.4, -0.2) is 29.1 Å². The first-order valence-electron chi connectivity index (χ1n) is 10.8. The maximum atomic E-state index is 13.0. The van der Waals surface area contributed by atoms with Crippen molar-refractivity contribution in [2.75, 3.05) is 7.11 Å². The molecule has 1 atom stereocenters. The van der Waals surface area contributed by atoms with Crippen molar-refractivity contribution in [1.29, 1.82) is 0 Å². The minimum absolute atomic E-state index is 0.0826. The normalized spacial score (nSPS) is 14.9. The van der Waals surface area contributed by atoms with Crippen LogP contribution < -0.4 is 9.47 Å². The number of aliphatic carboxylic acids is 1. The van der Waals surface area contributed by atoms with E-state index in [0.717, 1.165) is 24.8 Å². The number of ether oxygens (including phenoxy) is 2. The molecule has 0 aliphatic heterocycles. The molecule has 3 aromatic carbocycles. The molecule has 2 N–H and O–H groups in total. The molecule has 0 aromatic heterocycles. The minimum Gasteiger partial charge on any atom is -0.497 e. The van der Waals surface area contributed by atoms with Gasteiger partial charge in [-0.15, -0.1) is 0 Å². The summed E-state index contributed by atoms with van der Waals surface area (Å²) >= 11 is 0. The second kappa shape index (κ2) is 9.08. The maximum Gasteiger partial charge on any atom is 0.340 e. The number of carboxylic acid groups (broad SMARTS) is 1. The second-order valence-electron chi connectivity index (χ2n) is 8.53. The fraction of sp³-hybridized carbons (Fsp3) is 0.259. The number of ketones is 1. The highest BCUT2D eigenvalue weighted by molar-refractivity contribution is 6.09. The molecule has 0 bridgehead atoms. The van der Waals surface area contributed by atoms with Gasteiger partial charge >= 0.3 is 5.97 Å². The van der Waals surface area contributed by atoms with Crippen LogP contribution in [0.15, 0.2) is 66.7 Å². The average Bonchev–Trinajstić information content (AvgIpc) is 3.64. The Balaban J connectivity index is 1.62. The Kier molecular flexibility index (Phi) is 6.20. The third kappa shape index (κ3) is 5.07. The Hall–Kier alpha value is -3.64. The van der Waals surface area contributed by atoms with E-state index in [1.807, 2.05) is 6.07 Å². The van der Waals surface area contributed by atoms with Gasteiger partial charge in [-0.25, -0.2) is 4.79 Å². The topological polar surface area (TPSA) is 93.1 Å². The number of carboxylic acids is 1. The van der Waals surface area contributed by atoms with Crippen molar-refractivity contribution < 1.29 is 29.3 Å². The number of rotatable bonds is 9. The summed E-state index contributed by atoms with van der Waals surface area (Å²) in [5.74, 6) is 0.864. The van der Waals surface area contributed by atoms with Crippen LogP contribution in [0.3, 0.4) is 0 Å². The summed E-state index contributed by atoms with van der Waals surface area (Å²) in [6.45, 7) is 1.23. The van der Waals surface area contributed by atoms with E-state index in [1.165, 1.54) is 13.0 Å². The van der Waals surface area contributed by atoms with E-state index in [4.69, 9.17) is 9.47 Å². The number of carbonyl (C=O) groups excluding carboxylic acids is 1. The zero-order valence-electron chi connectivity index (χ0n) is 18.6. The largest absolute Gasteiger partial charge is 0.497 e. The van der Waals surface area contributed by atoms with E-state index in [0.29, 0.717) is 34.3 Å². The molecule has 0 amide bonds. The summed E-state index contributed by atoms with van der Waals surface area (Å²) < 4.78 is 11.3. The van der Waals surface area contributed by atoms with Crippen molar-refractivity contribution in [2.24, 2.45) is 5.92 Å². The van der Waals surface area contributed by atoms with Gasteiger partial charge in [-0.3, -0.25) is 4.79 Å². The Morgan fingerprint density at radius 2 is 1.67 bits per heavy atom.